The largest absolute Gasteiger partial charge is 0.349 e. The number of carbonyl (C=O) groups is 2. The van der Waals surface area contributed by atoms with E-state index in [1.165, 1.54) is 18.3 Å². The first-order valence-corrected chi connectivity index (χ1v) is 9.68. The van der Waals surface area contributed by atoms with Crippen molar-refractivity contribution in [2.24, 2.45) is 0 Å². The zero-order chi connectivity index (χ0) is 22.8. The summed E-state index contributed by atoms with van der Waals surface area (Å²) in [4.78, 5) is 50.4. The molecule has 0 aliphatic carbocycles. The molecule has 2 heterocycles. The summed E-state index contributed by atoms with van der Waals surface area (Å²) in [5.74, 6) is -1.67. The summed E-state index contributed by atoms with van der Waals surface area (Å²) in [7, 11) is 0. The van der Waals surface area contributed by atoms with Gasteiger partial charge in [-0.05, 0) is 42.3 Å². The second-order valence-electron chi connectivity index (χ2n) is 7.28. The molecule has 1 aromatic heterocycles. The van der Waals surface area contributed by atoms with Crippen molar-refractivity contribution < 1.29 is 14.0 Å². The Balaban J connectivity index is 1.65. The Kier molecular flexibility index (Phi) is 5.50. The Bertz CT molecular complexity index is 1360. The molecule has 10 heteroatoms. The van der Waals surface area contributed by atoms with Crippen LogP contribution in [0.4, 0.5) is 10.1 Å². The Morgan fingerprint density at radius 2 is 1.91 bits per heavy atom. The molecule has 0 unspecified atom stereocenters. The number of halogens is 1. The zero-order valence-corrected chi connectivity index (χ0v) is 16.9. The molecule has 0 saturated heterocycles. The molecule has 2 aromatic carbocycles. The number of amides is 2. The average molecular weight is 435 g/mol. The van der Waals surface area contributed by atoms with Gasteiger partial charge in [0.2, 0.25) is 5.91 Å². The third-order valence-electron chi connectivity index (χ3n) is 5.12. The van der Waals surface area contributed by atoms with Crippen LogP contribution in [-0.2, 0) is 9.59 Å². The monoisotopic (exact) mass is 435 g/mol. The van der Waals surface area contributed by atoms with E-state index in [4.69, 9.17) is 0 Å². The molecule has 32 heavy (non-hydrogen) atoms. The second-order valence-corrected chi connectivity index (χ2v) is 7.28. The lowest BCUT2D eigenvalue weighted by molar-refractivity contribution is -0.121. The van der Waals surface area contributed by atoms with E-state index in [0.29, 0.717) is 22.5 Å². The average Bonchev–Trinajstić information content (AvgIpc) is 2.76. The summed E-state index contributed by atoms with van der Waals surface area (Å²) in [5.41, 5.74) is 1.09. The molecule has 1 atom stereocenters. The van der Waals surface area contributed by atoms with Crippen LogP contribution in [0.15, 0.2) is 70.0 Å². The number of H-pyrrole nitrogens is 1. The molecule has 0 bridgehead atoms. The summed E-state index contributed by atoms with van der Waals surface area (Å²) in [6.07, 6.45) is 2.37. The van der Waals surface area contributed by atoms with Crippen LogP contribution in [0.3, 0.4) is 0 Å². The van der Waals surface area contributed by atoms with Gasteiger partial charge in [0, 0.05) is 29.8 Å². The topological polar surface area (TPSA) is 126 Å². The lowest BCUT2D eigenvalue weighted by Gasteiger charge is -2.24. The standard InChI is InChI=1S/C22H18FN5O4/c1-12-2-7-15(28-22(32)27-20(30)11-25-28)8-18(12)26-21(31)17-10-24-19(29)9-16(17)13-3-5-14(23)6-4-13/h2-8,10-11,16H,9H2,1H3,(H,24,29)(H,26,31)(H,27,30,32)/t16-/m0/s1. The normalized spacial score (nSPS) is 15.6. The number of benzene rings is 2. The first-order chi connectivity index (χ1) is 15.3. The van der Waals surface area contributed by atoms with E-state index in [-0.39, 0.29) is 12.3 Å². The van der Waals surface area contributed by atoms with Crippen LogP contribution in [-0.4, -0.2) is 26.6 Å². The van der Waals surface area contributed by atoms with Crippen LogP contribution < -0.4 is 21.9 Å². The summed E-state index contributed by atoms with van der Waals surface area (Å²) in [6.45, 7) is 1.77. The molecule has 0 fully saturated rings. The van der Waals surface area contributed by atoms with E-state index in [9.17, 15) is 23.6 Å². The Morgan fingerprint density at radius 3 is 2.62 bits per heavy atom. The van der Waals surface area contributed by atoms with Gasteiger partial charge in [-0.15, -0.1) is 0 Å². The van der Waals surface area contributed by atoms with Gasteiger partial charge in [0.1, 0.15) is 12.0 Å². The first-order valence-electron chi connectivity index (χ1n) is 9.68. The number of nitrogens with one attached hydrogen (secondary N) is 3. The number of rotatable bonds is 4. The zero-order valence-electron chi connectivity index (χ0n) is 16.9. The van der Waals surface area contributed by atoms with E-state index in [2.05, 4.69) is 20.7 Å². The van der Waals surface area contributed by atoms with Crippen molar-refractivity contribution in [3.63, 3.8) is 0 Å². The highest BCUT2D eigenvalue weighted by Crippen LogP contribution is 2.31. The van der Waals surface area contributed by atoms with Crippen molar-refractivity contribution >= 4 is 17.5 Å². The minimum Gasteiger partial charge on any atom is -0.332 e. The van der Waals surface area contributed by atoms with Gasteiger partial charge in [0.15, 0.2) is 0 Å². The third-order valence-corrected chi connectivity index (χ3v) is 5.12. The number of hydrogen-bond donors (Lipinski definition) is 3. The van der Waals surface area contributed by atoms with Gasteiger partial charge in [-0.1, -0.05) is 18.2 Å². The first kappa shape index (κ1) is 20.9. The van der Waals surface area contributed by atoms with Crippen molar-refractivity contribution in [1.82, 2.24) is 20.1 Å². The van der Waals surface area contributed by atoms with Crippen LogP contribution in [0.1, 0.15) is 23.5 Å². The second kappa shape index (κ2) is 8.42. The van der Waals surface area contributed by atoms with Crippen LogP contribution in [0.25, 0.3) is 5.69 Å². The fourth-order valence-electron chi connectivity index (χ4n) is 3.44. The van der Waals surface area contributed by atoms with Gasteiger partial charge in [-0.3, -0.25) is 19.4 Å². The smallest absolute Gasteiger partial charge is 0.332 e. The predicted molar refractivity (Wildman–Crippen MR) is 114 cm³/mol. The number of aromatic nitrogens is 3. The predicted octanol–water partition coefficient (Wildman–Crippen LogP) is 1.49. The van der Waals surface area contributed by atoms with Gasteiger partial charge in [0.25, 0.3) is 11.5 Å². The number of aryl methyl sites for hydroxylation is 1. The Morgan fingerprint density at radius 1 is 1.16 bits per heavy atom. The van der Waals surface area contributed by atoms with E-state index < -0.39 is 28.9 Å². The molecule has 0 saturated carbocycles. The molecule has 2 amide bonds. The molecule has 3 aromatic rings. The highest BCUT2D eigenvalue weighted by molar-refractivity contribution is 6.06. The van der Waals surface area contributed by atoms with Crippen molar-refractivity contribution in [1.29, 1.82) is 0 Å². The fourth-order valence-corrected chi connectivity index (χ4v) is 3.44. The molecule has 9 nitrogen and oxygen atoms in total. The van der Waals surface area contributed by atoms with E-state index in [1.54, 1.807) is 37.3 Å². The fraction of sp³-hybridized carbons (Fsp3) is 0.136. The van der Waals surface area contributed by atoms with Crippen molar-refractivity contribution in [2.45, 2.75) is 19.3 Å². The molecule has 1 aliphatic heterocycles. The lowest BCUT2D eigenvalue weighted by atomic mass is 9.86. The molecule has 0 spiro atoms. The third kappa shape index (κ3) is 4.24. The van der Waals surface area contributed by atoms with Crippen molar-refractivity contribution in [3.05, 3.63) is 98.2 Å². The summed E-state index contributed by atoms with van der Waals surface area (Å²) < 4.78 is 14.3. The molecule has 1 aliphatic rings. The van der Waals surface area contributed by atoms with Crippen LogP contribution in [0, 0.1) is 12.7 Å². The molecule has 162 valence electrons. The SMILES string of the molecule is Cc1ccc(-n2ncc(=O)[nH]c2=O)cc1NC(=O)C1=CNC(=O)C[C@H]1c1ccc(F)cc1. The minimum atomic E-state index is -0.715. The maximum atomic E-state index is 13.3. The number of anilines is 1. The van der Waals surface area contributed by atoms with Gasteiger partial charge in [-0.2, -0.15) is 9.78 Å². The summed E-state index contributed by atoms with van der Waals surface area (Å²) in [6, 6.07) is 10.5. The van der Waals surface area contributed by atoms with Crippen LogP contribution >= 0.6 is 0 Å². The van der Waals surface area contributed by atoms with Gasteiger partial charge >= 0.3 is 5.69 Å². The van der Waals surface area contributed by atoms with Gasteiger partial charge in [-0.25, -0.2) is 9.18 Å². The minimum absolute atomic E-state index is 0.0423. The highest BCUT2D eigenvalue weighted by atomic mass is 19.1. The Labute approximate surface area is 180 Å². The highest BCUT2D eigenvalue weighted by Gasteiger charge is 2.29. The molecular formula is C22H18FN5O4. The number of aromatic amines is 1. The van der Waals surface area contributed by atoms with E-state index in [0.717, 1.165) is 16.4 Å². The number of nitrogens with zero attached hydrogens (tertiary/aromatic N) is 2. The number of hydrogen-bond acceptors (Lipinski definition) is 5. The van der Waals surface area contributed by atoms with E-state index >= 15 is 0 Å². The van der Waals surface area contributed by atoms with Crippen molar-refractivity contribution in [3.8, 4) is 5.69 Å². The summed E-state index contributed by atoms with van der Waals surface area (Å²) >= 11 is 0. The quantitative estimate of drug-likeness (QED) is 0.573. The maximum Gasteiger partial charge on any atom is 0.349 e. The van der Waals surface area contributed by atoms with Crippen LogP contribution in [0.2, 0.25) is 0 Å². The number of carbonyl (C=O) groups excluding carboxylic acids is 2. The van der Waals surface area contributed by atoms with Crippen molar-refractivity contribution in [2.75, 3.05) is 5.32 Å². The van der Waals surface area contributed by atoms with Crippen LogP contribution in [0.5, 0.6) is 0 Å². The molecule has 4 rings (SSSR count). The molecular weight excluding hydrogens is 417 g/mol. The van der Waals surface area contributed by atoms with E-state index in [1.807, 2.05) is 0 Å². The lowest BCUT2D eigenvalue weighted by Crippen LogP contribution is -2.32. The van der Waals surface area contributed by atoms with Gasteiger partial charge < -0.3 is 10.6 Å². The molecule has 3 N–H and O–H groups in total. The Hall–Kier alpha value is -4.34. The molecule has 0 radical (unpaired) electrons. The maximum absolute atomic E-state index is 13.3. The summed E-state index contributed by atoms with van der Waals surface area (Å²) in [5, 5.41) is 9.16. The van der Waals surface area contributed by atoms with Gasteiger partial charge in [0.05, 0.1) is 5.69 Å².